The first-order valence-corrected chi connectivity index (χ1v) is 9.01. The van der Waals surface area contributed by atoms with Crippen molar-refractivity contribution in [3.8, 4) is 5.75 Å². The average molecular weight is 366 g/mol. The van der Waals surface area contributed by atoms with E-state index in [1.807, 2.05) is 84.9 Å². The van der Waals surface area contributed by atoms with E-state index in [0.29, 0.717) is 11.4 Å². The molecular formula is C24H18N2O2. The molecule has 0 heterocycles. The minimum absolute atomic E-state index is 0.140. The highest BCUT2D eigenvalue weighted by Gasteiger charge is 2.18. The number of nitrogens with zero attached hydrogens (tertiary/aromatic N) is 2. The van der Waals surface area contributed by atoms with Crippen LogP contribution in [-0.2, 0) is 6.42 Å². The van der Waals surface area contributed by atoms with Crippen LogP contribution in [0.1, 0.15) is 15.9 Å². The lowest BCUT2D eigenvalue weighted by Crippen LogP contribution is -2.04. The number of rotatable bonds is 5. The maximum Gasteiger partial charge on any atom is 0.171 e. The van der Waals surface area contributed by atoms with Gasteiger partial charge in [-0.3, -0.25) is 4.79 Å². The second-order valence-electron chi connectivity index (χ2n) is 6.46. The van der Waals surface area contributed by atoms with Crippen LogP contribution >= 0.6 is 0 Å². The minimum atomic E-state index is -0.161. The SMILES string of the molecule is O=C(Cc1ccccc1)c1cc2ccccc2c(N=Nc2ccccc2)c1O. The largest absolute Gasteiger partial charge is 0.505 e. The standard InChI is InChI=1S/C24H18N2O2/c27-22(15-17-9-3-1-4-10-17)21-16-18-11-7-8-14-20(18)23(24(21)28)26-25-19-12-5-2-6-13-19/h1-14,16,28H,15H2. The molecule has 0 aromatic heterocycles. The molecule has 28 heavy (non-hydrogen) atoms. The number of Topliss-reactive ketones (excluding diaryl/α,β-unsaturated/α-hetero) is 1. The zero-order valence-electron chi connectivity index (χ0n) is 15.1. The first-order valence-electron chi connectivity index (χ1n) is 9.01. The second-order valence-corrected chi connectivity index (χ2v) is 6.46. The minimum Gasteiger partial charge on any atom is -0.505 e. The molecule has 4 aromatic rings. The van der Waals surface area contributed by atoms with Crippen LogP contribution in [0.25, 0.3) is 10.8 Å². The van der Waals surface area contributed by atoms with Crippen LogP contribution in [0.15, 0.2) is 101 Å². The lowest BCUT2D eigenvalue weighted by Gasteiger charge is -2.10. The number of hydrogen-bond donors (Lipinski definition) is 1. The van der Waals surface area contributed by atoms with Crippen LogP contribution in [0.3, 0.4) is 0 Å². The molecule has 0 spiro atoms. The number of ketones is 1. The van der Waals surface area contributed by atoms with Crippen LogP contribution in [0.5, 0.6) is 5.75 Å². The Hall–Kier alpha value is -3.79. The van der Waals surface area contributed by atoms with E-state index in [2.05, 4.69) is 10.2 Å². The Balaban J connectivity index is 1.79. The van der Waals surface area contributed by atoms with Crippen LogP contribution < -0.4 is 0 Å². The fraction of sp³-hybridized carbons (Fsp3) is 0.0417. The van der Waals surface area contributed by atoms with Crippen LogP contribution in [0.2, 0.25) is 0 Å². The molecule has 136 valence electrons. The van der Waals surface area contributed by atoms with E-state index in [1.165, 1.54) is 0 Å². The Bertz CT molecular complexity index is 1150. The van der Waals surface area contributed by atoms with Crippen LogP contribution in [-0.4, -0.2) is 10.9 Å². The van der Waals surface area contributed by atoms with E-state index in [-0.39, 0.29) is 23.5 Å². The molecule has 4 nitrogen and oxygen atoms in total. The highest BCUT2D eigenvalue weighted by Crippen LogP contribution is 2.39. The molecule has 0 aliphatic heterocycles. The predicted octanol–water partition coefficient (Wildman–Crippen LogP) is 6.39. The van der Waals surface area contributed by atoms with Gasteiger partial charge in [-0.05, 0) is 29.1 Å². The Morgan fingerprint density at radius 1 is 0.786 bits per heavy atom. The molecule has 0 amide bonds. The quantitative estimate of drug-likeness (QED) is 0.329. The van der Waals surface area contributed by atoms with E-state index in [0.717, 1.165) is 16.3 Å². The molecule has 0 aliphatic carbocycles. The number of aromatic hydroxyl groups is 1. The molecule has 4 rings (SSSR count). The Labute approximate surface area is 162 Å². The van der Waals surface area contributed by atoms with Crippen molar-refractivity contribution in [1.82, 2.24) is 0 Å². The third-order valence-electron chi connectivity index (χ3n) is 4.52. The van der Waals surface area contributed by atoms with Crippen molar-refractivity contribution in [1.29, 1.82) is 0 Å². The van der Waals surface area contributed by atoms with Gasteiger partial charge in [0, 0.05) is 11.8 Å². The van der Waals surface area contributed by atoms with Gasteiger partial charge in [0.15, 0.2) is 11.5 Å². The van der Waals surface area contributed by atoms with Gasteiger partial charge in [-0.1, -0.05) is 72.8 Å². The first kappa shape index (κ1) is 17.6. The molecule has 4 heteroatoms. The van der Waals surface area contributed by atoms with E-state index >= 15 is 0 Å². The van der Waals surface area contributed by atoms with Crippen molar-refractivity contribution >= 4 is 27.9 Å². The summed E-state index contributed by atoms with van der Waals surface area (Å²) in [6.45, 7) is 0. The highest BCUT2D eigenvalue weighted by atomic mass is 16.3. The topological polar surface area (TPSA) is 62.0 Å². The van der Waals surface area contributed by atoms with Gasteiger partial charge in [-0.25, -0.2) is 0 Å². The summed E-state index contributed by atoms with van der Waals surface area (Å²) in [5.41, 5.74) is 2.13. The smallest absolute Gasteiger partial charge is 0.171 e. The number of phenols is 1. The molecule has 1 N–H and O–H groups in total. The number of benzene rings is 4. The van der Waals surface area contributed by atoms with E-state index in [1.54, 1.807) is 6.07 Å². The highest BCUT2D eigenvalue weighted by molar-refractivity contribution is 6.08. The Morgan fingerprint density at radius 2 is 1.43 bits per heavy atom. The number of azo groups is 1. The van der Waals surface area contributed by atoms with Crippen molar-refractivity contribution in [2.75, 3.05) is 0 Å². The van der Waals surface area contributed by atoms with E-state index in [9.17, 15) is 9.90 Å². The third-order valence-corrected chi connectivity index (χ3v) is 4.52. The number of carbonyl (C=O) groups excluding carboxylic acids is 1. The van der Waals surface area contributed by atoms with Gasteiger partial charge < -0.3 is 5.11 Å². The summed E-state index contributed by atoms with van der Waals surface area (Å²) in [4.78, 5) is 12.9. The maximum absolute atomic E-state index is 12.9. The van der Waals surface area contributed by atoms with Gasteiger partial charge in [0.1, 0.15) is 5.69 Å². The third kappa shape index (κ3) is 3.67. The summed E-state index contributed by atoms with van der Waals surface area (Å²) in [6, 6.07) is 28.0. The van der Waals surface area contributed by atoms with E-state index in [4.69, 9.17) is 0 Å². The molecule has 0 bridgehead atoms. The Kier molecular flexibility index (Phi) is 4.93. The summed E-state index contributed by atoms with van der Waals surface area (Å²) in [6.07, 6.45) is 0.210. The monoisotopic (exact) mass is 366 g/mol. The summed E-state index contributed by atoms with van der Waals surface area (Å²) in [5.74, 6) is -0.301. The van der Waals surface area contributed by atoms with Gasteiger partial charge in [0.2, 0.25) is 0 Å². The van der Waals surface area contributed by atoms with Crippen LogP contribution in [0, 0.1) is 0 Å². The Morgan fingerprint density at radius 3 is 2.18 bits per heavy atom. The molecular weight excluding hydrogens is 348 g/mol. The lowest BCUT2D eigenvalue weighted by molar-refractivity contribution is 0.0990. The number of phenolic OH excluding ortho intramolecular Hbond substituents is 1. The van der Waals surface area contributed by atoms with Crippen LogP contribution in [0.4, 0.5) is 11.4 Å². The fourth-order valence-corrected chi connectivity index (χ4v) is 3.11. The average Bonchev–Trinajstić information content (AvgIpc) is 2.74. The molecule has 0 atom stereocenters. The van der Waals surface area contributed by atoms with Gasteiger partial charge in [0.25, 0.3) is 0 Å². The number of fused-ring (bicyclic) bond motifs is 1. The molecule has 0 radical (unpaired) electrons. The zero-order chi connectivity index (χ0) is 19.3. The second kappa shape index (κ2) is 7.84. The van der Waals surface area contributed by atoms with Gasteiger partial charge in [-0.15, -0.1) is 5.11 Å². The van der Waals surface area contributed by atoms with Crippen molar-refractivity contribution in [3.63, 3.8) is 0 Å². The van der Waals surface area contributed by atoms with E-state index < -0.39 is 0 Å². The molecule has 0 saturated carbocycles. The zero-order valence-corrected chi connectivity index (χ0v) is 15.1. The molecule has 0 unspecified atom stereocenters. The molecule has 0 saturated heterocycles. The molecule has 4 aromatic carbocycles. The fourth-order valence-electron chi connectivity index (χ4n) is 3.11. The predicted molar refractivity (Wildman–Crippen MR) is 111 cm³/mol. The summed E-state index contributed by atoms with van der Waals surface area (Å²) in [7, 11) is 0. The van der Waals surface area contributed by atoms with Crippen molar-refractivity contribution in [2.45, 2.75) is 6.42 Å². The summed E-state index contributed by atoms with van der Waals surface area (Å²) < 4.78 is 0. The summed E-state index contributed by atoms with van der Waals surface area (Å²) in [5, 5.41) is 20.9. The maximum atomic E-state index is 12.9. The van der Waals surface area contributed by atoms with Gasteiger partial charge in [0.05, 0.1) is 11.3 Å². The van der Waals surface area contributed by atoms with Crippen molar-refractivity contribution < 1.29 is 9.90 Å². The van der Waals surface area contributed by atoms with Gasteiger partial charge >= 0.3 is 0 Å². The first-order chi connectivity index (χ1) is 13.7. The number of hydrogen-bond acceptors (Lipinski definition) is 4. The summed E-state index contributed by atoms with van der Waals surface area (Å²) >= 11 is 0. The lowest BCUT2D eigenvalue weighted by atomic mass is 9.97. The van der Waals surface area contributed by atoms with Gasteiger partial charge in [-0.2, -0.15) is 5.11 Å². The normalized spacial score (nSPS) is 11.1. The molecule has 0 fully saturated rings. The van der Waals surface area contributed by atoms with Crippen molar-refractivity contribution in [3.05, 3.63) is 102 Å². The molecule has 0 aliphatic rings. The van der Waals surface area contributed by atoms with Crippen molar-refractivity contribution in [2.24, 2.45) is 10.2 Å². The number of carbonyl (C=O) groups is 1.